The maximum Gasteiger partial charge on any atom is 0.0726 e. The molecule has 0 amide bonds. The highest BCUT2D eigenvalue weighted by Crippen LogP contribution is 2.67. The maximum atomic E-state index is 2.54. The SMILES string of the molecule is CC1(C)c2ccccc2-c2ccc(N(c3ccc(-c4cccc(-c5ccc(-c6ccc7c(c6)C6(c8ccccc8-7)c7ccccc7-c7ccc(N(c8ccc(-c9ccccc9-c9ccccc9)cc8)c8ccc9c(c8)C(C)(C)c8ccccc8-9)cc76)cc5)c4)cc3)c3ccc4c(c3)C3(c5ccccc5-c5ccccc53)c3ccccc3-4)cc21. The van der Waals surface area contributed by atoms with Crippen LogP contribution >= 0.6 is 0 Å². The van der Waals surface area contributed by atoms with Gasteiger partial charge in [0.1, 0.15) is 0 Å². The third-order valence-electron chi connectivity index (χ3n) is 27.5. The van der Waals surface area contributed by atoms with E-state index in [-0.39, 0.29) is 10.8 Å². The quantitative estimate of drug-likeness (QED) is 0.127. The fourth-order valence-electron chi connectivity index (χ4n) is 22.2. The fourth-order valence-corrected chi connectivity index (χ4v) is 22.2. The molecule has 0 aliphatic heterocycles. The van der Waals surface area contributed by atoms with E-state index in [1.807, 2.05) is 0 Å². The first-order valence-electron chi connectivity index (χ1n) is 41.6. The summed E-state index contributed by atoms with van der Waals surface area (Å²) in [6.45, 7) is 9.54. The van der Waals surface area contributed by atoms with Crippen molar-refractivity contribution >= 4 is 34.1 Å². The van der Waals surface area contributed by atoms with Gasteiger partial charge in [0, 0.05) is 45.0 Å². The van der Waals surface area contributed by atoms with Gasteiger partial charge in [-0.05, 0) is 274 Å². The highest BCUT2D eigenvalue weighted by Gasteiger charge is 2.54. The molecule has 0 saturated carbocycles. The summed E-state index contributed by atoms with van der Waals surface area (Å²) in [5.41, 5.74) is 48.6. The monoisotopic (exact) mass is 1500 g/mol. The summed E-state index contributed by atoms with van der Waals surface area (Å²) in [5, 5.41) is 0. The van der Waals surface area contributed by atoms with Crippen LogP contribution in [0.25, 0.3) is 122 Å². The van der Waals surface area contributed by atoms with E-state index in [1.165, 1.54) is 184 Å². The minimum atomic E-state index is -0.612. The van der Waals surface area contributed by atoms with E-state index in [4.69, 9.17) is 0 Å². The summed E-state index contributed by atoms with van der Waals surface area (Å²) in [4.78, 5) is 5.01. The molecule has 2 spiro atoms. The molecule has 0 bridgehead atoms. The van der Waals surface area contributed by atoms with Gasteiger partial charge in [-0.3, -0.25) is 0 Å². The lowest BCUT2D eigenvalue weighted by atomic mass is 9.70. The Hall–Kier alpha value is -14.4. The molecular formula is C116H80N2. The first-order valence-corrected chi connectivity index (χ1v) is 41.6. The molecule has 0 heterocycles. The van der Waals surface area contributed by atoms with Crippen LogP contribution < -0.4 is 9.80 Å². The van der Waals surface area contributed by atoms with Crippen molar-refractivity contribution in [1.82, 2.24) is 0 Å². The molecule has 0 aromatic heterocycles. The lowest BCUT2D eigenvalue weighted by Crippen LogP contribution is -2.26. The Morgan fingerprint density at radius 1 is 0.136 bits per heavy atom. The van der Waals surface area contributed by atoms with Crippen LogP contribution in [0.4, 0.5) is 34.1 Å². The second-order valence-electron chi connectivity index (χ2n) is 34.1. The van der Waals surface area contributed by atoms with Gasteiger partial charge in [-0.25, -0.2) is 0 Å². The average molecular weight is 1500 g/mol. The minimum absolute atomic E-state index is 0.180. The smallest absolute Gasteiger partial charge is 0.0726 e. The van der Waals surface area contributed by atoms with E-state index >= 15 is 0 Å². The van der Waals surface area contributed by atoms with Gasteiger partial charge in [-0.2, -0.15) is 0 Å². The summed E-state index contributed by atoms with van der Waals surface area (Å²) in [7, 11) is 0. The molecule has 118 heavy (non-hydrogen) atoms. The van der Waals surface area contributed by atoms with E-state index in [9.17, 15) is 0 Å². The van der Waals surface area contributed by atoms with Crippen LogP contribution in [0.15, 0.2) is 413 Å². The van der Waals surface area contributed by atoms with Crippen molar-refractivity contribution in [2.45, 2.75) is 49.4 Å². The topological polar surface area (TPSA) is 6.48 Å². The normalized spacial score (nSPS) is 15.2. The Labute approximate surface area is 690 Å². The highest BCUT2D eigenvalue weighted by molar-refractivity contribution is 6.01. The summed E-state index contributed by atoms with van der Waals surface area (Å²) >= 11 is 0. The molecule has 0 fully saturated rings. The molecule has 24 rings (SSSR count). The van der Waals surface area contributed by atoms with Crippen molar-refractivity contribution in [3.63, 3.8) is 0 Å². The largest absolute Gasteiger partial charge is 0.310 e. The molecule has 1 atom stereocenters. The molecule has 554 valence electrons. The van der Waals surface area contributed by atoms with Gasteiger partial charge in [0.2, 0.25) is 0 Å². The number of benzene rings is 18. The van der Waals surface area contributed by atoms with Crippen molar-refractivity contribution in [3.05, 3.63) is 479 Å². The van der Waals surface area contributed by atoms with Crippen LogP contribution in [0, 0.1) is 0 Å². The van der Waals surface area contributed by atoms with Gasteiger partial charge < -0.3 is 9.80 Å². The number of rotatable bonds is 11. The number of fused-ring (bicyclic) bond motifs is 26. The zero-order chi connectivity index (χ0) is 78.3. The van der Waals surface area contributed by atoms with Crippen molar-refractivity contribution in [3.8, 4) is 122 Å². The Kier molecular flexibility index (Phi) is 14.7. The van der Waals surface area contributed by atoms with E-state index < -0.39 is 10.8 Å². The molecule has 18 aromatic carbocycles. The van der Waals surface area contributed by atoms with E-state index in [1.54, 1.807) is 0 Å². The van der Waals surface area contributed by atoms with Crippen molar-refractivity contribution in [2.75, 3.05) is 9.80 Å². The van der Waals surface area contributed by atoms with Gasteiger partial charge in [-0.15, -0.1) is 0 Å². The molecular weight excluding hydrogens is 1420 g/mol. The first kappa shape index (κ1) is 68.0. The van der Waals surface area contributed by atoms with Crippen LogP contribution in [0.3, 0.4) is 0 Å². The Morgan fingerprint density at radius 3 is 0.729 bits per heavy atom. The van der Waals surface area contributed by atoms with Gasteiger partial charge >= 0.3 is 0 Å². The van der Waals surface area contributed by atoms with Gasteiger partial charge in [0.15, 0.2) is 0 Å². The van der Waals surface area contributed by atoms with Gasteiger partial charge in [0.05, 0.1) is 10.8 Å². The molecule has 6 aliphatic carbocycles. The Bertz CT molecular complexity index is 7160. The van der Waals surface area contributed by atoms with Crippen LogP contribution in [0.1, 0.15) is 94.5 Å². The van der Waals surface area contributed by atoms with Crippen LogP contribution in [-0.4, -0.2) is 0 Å². The summed E-state index contributed by atoms with van der Waals surface area (Å²) in [5.74, 6) is 0. The number of hydrogen-bond donors (Lipinski definition) is 0. The van der Waals surface area contributed by atoms with E-state index in [0.29, 0.717) is 0 Å². The third-order valence-corrected chi connectivity index (χ3v) is 27.5. The zero-order valence-corrected chi connectivity index (χ0v) is 66.2. The molecule has 0 radical (unpaired) electrons. The standard InChI is InChI=1S/C116H80N2/c1-113(2)101-38-17-10-31-89(101)96-63-58-83(69-108(96)113)117(85-60-65-99-94-36-14-21-42-105(94)115(111(99)71-85)103-40-19-12-33-91(103)92-34-13-20-41-104(92)115)81-54-49-75(50-55-81)79-28-24-27-78(67-79)73-45-47-74(48-46-73)80-53-62-98-93-35-15-22-43-106(93)116(110(98)68-80)107-44-23-16-37-95(107)100-66-61-86(72-112(100)116)118(84-59-64-97-90-32-11-18-39-102(90)114(3,4)109(97)70-84)82-56-51-77(52-57-82)88-30-9-8-29-87(88)76-25-6-5-7-26-76/h5-72H,1-4H3. The highest BCUT2D eigenvalue weighted by atomic mass is 15.1. The number of nitrogens with zero attached hydrogens (tertiary/aromatic N) is 2. The predicted octanol–water partition coefficient (Wildman–Crippen LogP) is 30.3. The average Bonchev–Trinajstić information content (AvgIpc) is 1.51. The van der Waals surface area contributed by atoms with E-state index in [2.05, 4.69) is 450 Å². The molecule has 6 aliphatic rings. The van der Waals surface area contributed by atoms with Crippen LogP contribution in [0.5, 0.6) is 0 Å². The van der Waals surface area contributed by atoms with Crippen molar-refractivity contribution < 1.29 is 0 Å². The van der Waals surface area contributed by atoms with Crippen LogP contribution in [0.2, 0.25) is 0 Å². The lowest BCUT2D eigenvalue weighted by molar-refractivity contribution is 0.660. The predicted molar refractivity (Wildman–Crippen MR) is 491 cm³/mol. The second-order valence-corrected chi connectivity index (χ2v) is 34.1. The molecule has 0 N–H and O–H groups in total. The van der Waals surface area contributed by atoms with Crippen molar-refractivity contribution in [1.29, 1.82) is 0 Å². The number of anilines is 6. The van der Waals surface area contributed by atoms with Gasteiger partial charge in [-0.1, -0.05) is 355 Å². The third kappa shape index (κ3) is 9.63. The molecule has 18 aromatic rings. The fraction of sp³-hybridized carbons (Fsp3) is 0.0690. The minimum Gasteiger partial charge on any atom is -0.310 e. The Balaban J connectivity index is 0.585. The molecule has 2 nitrogen and oxygen atoms in total. The summed E-state index contributed by atoms with van der Waals surface area (Å²) < 4.78 is 0. The first-order chi connectivity index (χ1) is 58.0. The van der Waals surface area contributed by atoms with Crippen molar-refractivity contribution in [2.24, 2.45) is 0 Å². The lowest BCUT2D eigenvalue weighted by Gasteiger charge is -2.33. The zero-order valence-electron chi connectivity index (χ0n) is 66.2. The van der Waals surface area contributed by atoms with Gasteiger partial charge in [0.25, 0.3) is 0 Å². The maximum absolute atomic E-state index is 2.54. The number of hydrogen-bond acceptors (Lipinski definition) is 2. The summed E-state index contributed by atoms with van der Waals surface area (Å²) in [6, 6.07) is 157. The van der Waals surface area contributed by atoms with Crippen LogP contribution in [-0.2, 0) is 21.7 Å². The molecule has 2 heteroatoms. The Morgan fingerprint density at radius 2 is 0.356 bits per heavy atom. The second kappa shape index (κ2) is 25.5. The molecule has 1 unspecified atom stereocenters. The summed E-state index contributed by atoms with van der Waals surface area (Å²) in [6.07, 6.45) is 0. The molecule has 0 saturated heterocycles. The van der Waals surface area contributed by atoms with E-state index in [0.717, 1.165) is 39.7 Å².